The number of hydrogen-bond acceptors (Lipinski definition) is 3. The SMILES string of the molecule is Cc1[nH]c2ccc(F)cc2c1CC(=O)NCC(O)COCC(C)C. The third-order valence-electron chi connectivity index (χ3n) is 3.72. The maximum atomic E-state index is 13.4. The summed E-state index contributed by atoms with van der Waals surface area (Å²) < 4.78 is 18.8. The first-order valence-corrected chi connectivity index (χ1v) is 8.16. The van der Waals surface area contributed by atoms with E-state index in [-0.39, 0.29) is 31.3 Å². The smallest absolute Gasteiger partial charge is 0.224 e. The molecule has 1 aromatic carbocycles. The molecule has 0 aliphatic carbocycles. The van der Waals surface area contributed by atoms with E-state index in [1.807, 2.05) is 20.8 Å². The lowest BCUT2D eigenvalue weighted by atomic mass is 10.1. The monoisotopic (exact) mass is 336 g/mol. The molecule has 1 unspecified atom stereocenters. The molecule has 2 rings (SSSR count). The molecule has 0 aliphatic rings. The lowest BCUT2D eigenvalue weighted by molar-refractivity contribution is -0.121. The molecule has 24 heavy (non-hydrogen) atoms. The number of benzene rings is 1. The number of hydrogen-bond donors (Lipinski definition) is 3. The summed E-state index contributed by atoms with van der Waals surface area (Å²) in [5.74, 6) is -0.149. The van der Waals surface area contributed by atoms with Gasteiger partial charge in [-0.3, -0.25) is 4.79 Å². The molecule has 5 nitrogen and oxygen atoms in total. The van der Waals surface area contributed by atoms with Crippen LogP contribution in [-0.2, 0) is 16.0 Å². The molecular weight excluding hydrogens is 311 g/mol. The second kappa shape index (κ2) is 8.26. The Balaban J connectivity index is 1.89. The number of amides is 1. The van der Waals surface area contributed by atoms with Crippen LogP contribution in [0.15, 0.2) is 18.2 Å². The van der Waals surface area contributed by atoms with Gasteiger partial charge in [0.05, 0.1) is 19.1 Å². The van der Waals surface area contributed by atoms with Crippen LogP contribution in [0, 0.1) is 18.7 Å². The fourth-order valence-corrected chi connectivity index (χ4v) is 2.54. The van der Waals surface area contributed by atoms with Gasteiger partial charge in [-0.1, -0.05) is 13.8 Å². The fraction of sp³-hybridized carbons (Fsp3) is 0.500. The fourth-order valence-electron chi connectivity index (χ4n) is 2.54. The molecule has 0 radical (unpaired) electrons. The average molecular weight is 336 g/mol. The van der Waals surface area contributed by atoms with Crippen LogP contribution in [0.3, 0.4) is 0 Å². The normalized spacial score (nSPS) is 12.8. The van der Waals surface area contributed by atoms with Crippen LogP contribution in [0.1, 0.15) is 25.1 Å². The van der Waals surface area contributed by atoms with E-state index in [1.165, 1.54) is 12.1 Å². The van der Waals surface area contributed by atoms with Crippen molar-refractivity contribution in [3.05, 3.63) is 35.3 Å². The summed E-state index contributed by atoms with van der Waals surface area (Å²) in [6.07, 6.45) is -0.608. The van der Waals surface area contributed by atoms with Crippen molar-refractivity contribution in [1.82, 2.24) is 10.3 Å². The highest BCUT2D eigenvalue weighted by Crippen LogP contribution is 2.23. The largest absolute Gasteiger partial charge is 0.389 e. The zero-order chi connectivity index (χ0) is 17.7. The van der Waals surface area contributed by atoms with E-state index in [0.717, 1.165) is 16.8 Å². The number of carbonyl (C=O) groups excluding carboxylic acids is 1. The Morgan fingerprint density at radius 2 is 2.12 bits per heavy atom. The molecule has 6 heteroatoms. The quantitative estimate of drug-likeness (QED) is 0.692. The van der Waals surface area contributed by atoms with Crippen LogP contribution in [0.4, 0.5) is 4.39 Å². The number of aromatic nitrogens is 1. The second-order valence-electron chi connectivity index (χ2n) is 6.48. The number of aliphatic hydroxyl groups is 1. The summed E-state index contributed by atoms with van der Waals surface area (Å²) >= 11 is 0. The molecular formula is C18H25FN2O3. The first-order valence-electron chi connectivity index (χ1n) is 8.16. The summed E-state index contributed by atoms with van der Waals surface area (Å²) in [6, 6.07) is 4.47. The van der Waals surface area contributed by atoms with Gasteiger partial charge in [-0.2, -0.15) is 0 Å². The molecule has 1 amide bonds. The standard InChI is InChI=1S/C18H25FN2O3/c1-11(2)9-24-10-14(22)8-20-18(23)7-15-12(3)21-17-5-4-13(19)6-16(15)17/h4-6,11,14,21-22H,7-10H2,1-3H3,(H,20,23). The third kappa shape index (κ3) is 5.04. The van der Waals surface area contributed by atoms with Crippen molar-refractivity contribution in [2.75, 3.05) is 19.8 Å². The molecule has 3 N–H and O–H groups in total. The van der Waals surface area contributed by atoms with Crippen LogP contribution in [0.2, 0.25) is 0 Å². The highest BCUT2D eigenvalue weighted by Gasteiger charge is 2.14. The van der Waals surface area contributed by atoms with Gasteiger partial charge in [0, 0.05) is 29.7 Å². The number of halogens is 1. The molecule has 1 heterocycles. The number of H-pyrrole nitrogens is 1. The van der Waals surface area contributed by atoms with Gasteiger partial charge >= 0.3 is 0 Å². The molecule has 1 atom stereocenters. The Morgan fingerprint density at radius 3 is 2.83 bits per heavy atom. The van der Waals surface area contributed by atoms with Crippen molar-refractivity contribution < 1.29 is 19.0 Å². The predicted octanol–water partition coefficient (Wildman–Crippen LogP) is 2.31. The minimum atomic E-state index is -0.741. The number of rotatable bonds is 8. The molecule has 0 saturated heterocycles. The zero-order valence-electron chi connectivity index (χ0n) is 14.4. The minimum Gasteiger partial charge on any atom is -0.389 e. The molecule has 0 bridgehead atoms. The van der Waals surface area contributed by atoms with Crippen molar-refractivity contribution >= 4 is 16.8 Å². The number of fused-ring (bicyclic) bond motifs is 1. The van der Waals surface area contributed by atoms with Crippen LogP contribution in [0.5, 0.6) is 0 Å². The van der Waals surface area contributed by atoms with E-state index < -0.39 is 6.10 Å². The number of aromatic amines is 1. The van der Waals surface area contributed by atoms with Crippen molar-refractivity contribution in [1.29, 1.82) is 0 Å². The highest BCUT2D eigenvalue weighted by molar-refractivity contribution is 5.90. The number of aryl methyl sites for hydroxylation is 1. The number of carbonyl (C=O) groups is 1. The van der Waals surface area contributed by atoms with E-state index in [4.69, 9.17) is 4.74 Å². The van der Waals surface area contributed by atoms with Gasteiger partial charge in [-0.05, 0) is 36.6 Å². The van der Waals surface area contributed by atoms with Crippen molar-refractivity contribution in [3.63, 3.8) is 0 Å². The maximum absolute atomic E-state index is 13.4. The van der Waals surface area contributed by atoms with Gasteiger partial charge in [0.2, 0.25) is 5.91 Å². The third-order valence-corrected chi connectivity index (χ3v) is 3.72. The van der Waals surface area contributed by atoms with Crippen LogP contribution >= 0.6 is 0 Å². The molecule has 0 fully saturated rings. The lowest BCUT2D eigenvalue weighted by Gasteiger charge is -2.13. The van der Waals surface area contributed by atoms with E-state index in [1.54, 1.807) is 6.07 Å². The summed E-state index contributed by atoms with van der Waals surface area (Å²) in [5.41, 5.74) is 2.41. The Hall–Kier alpha value is -1.92. The van der Waals surface area contributed by atoms with E-state index >= 15 is 0 Å². The van der Waals surface area contributed by atoms with Crippen molar-refractivity contribution in [2.24, 2.45) is 5.92 Å². The lowest BCUT2D eigenvalue weighted by Crippen LogP contribution is -2.35. The Bertz CT molecular complexity index is 697. The Labute approximate surface area is 141 Å². The maximum Gasteiger partial charge on any atom is 0.224 e. The van der Waals surface area contributed by atoms with Gasteiger partial charge in [0.15, 0.2) is 0 Å². The molecule has 0 spiro atoms. The molecule has 0 aliphatic heterocycles. The Morgan fingerprint density at radius 1 is 1.38 bits per heavy atom. The first kappa shape index (κ1) is 18.4. The highest BCUT2D eigenvalue weighted by atomic mass is 19.1. The minimum absolute atomic E-state index is 0.132. The molecule has 1 aromatic heterocycles. The van der Waals surface area contributed by atoms with E-state index in [2.05, 4.69) is 10.3 Å². The Kier molecular flexibility index (Phi) is 6.34. The zero-order valence-corrected chi connectivity index (χ0v) is 14.4. The predicted molar refractivity (Wildman–Crippen MR) is 91.4 cm³/mol. The summed E-state index contributed by atoms with van der Waals surface area (Å²) in [5, 5.41) is 13.2. The van der Waals surface area contributed by atoms with Gasteiger partial charge in [0.1, 0.15) is 5.82 Å². The van der Waals surface area contributed by atoms with Crippen LogP contribution in [0.25, 0.3) is 10.9 Å². The van der Waals surface area contributed by atoms with Gasteiger partial charge in [0.25, 0.3) is 0 Å². The van der Waals surface area contributed by atoms with Crippen molar-refractivity contribution in [3.8, 4) is 0 Å². The number of nitrogens with one attached hydrogen (secondary N) is 2. The summed E-state index contributed by atoms with van der Waals surface area (Å²) in [6.45, 7) is 6.81. The van der Waals surface area contributed by atoms with Crippen LogP contribution in [-0.4, -0.2) is 41.9 Å². The second-order valence-corrected chi connectivity index (χ2v) is 6.48. The van der Waals surface area contributed by atoms with Gasteiger partial charge < -0.3 is 20.1 Å². The van der Waals surface area contributed by atoms with E-state index in [0.29, 0.717) is 17.9 Å². The average Bonchev–Trinajstić information content (AvgIpc) is 2.80. The summed E-state index contributed by atoms with van der Waals surface area (Å²) in [7, 11) is 0. The molecule has 132 valence electrons. The first-order chi connectivity index (χ1) is 11.4. The topological polar surface area (TPSA) is 74.4 Å². The summed E-state index contributed by atoms with van der Waals surface area (Å²) in [4.78, 5) is 15.3. The van der Waals surface area contributed by atoms with Gasteiger partial charge in [-0.15, -0.1) is 0 Å². The van der Waals surface area contributed by atoms with E-state index in [9.17, 15) is 14.3 Å². The van der Waals surface area contributed by atoms with Gasteiger partial charge in [-0.25, -0.2) is 4.39 Å². The number of ether oxygens (including phenoxy) is 1. The van der Waals surface area contributed by atoms with Crippen LogP contribution < -0.4 is 5.32 Å². The number of aliphatic hydroxyl groups excluding tert-OH is 1. The molecule has 2 aromatic rings. The van der Waals surface area contributed by atoms with Crippen molar-refractivity contribution in [2.45, 2.75) is 33.3 Å². The molecule has 0 saturated carbocycles.